The lowest BCUT2D eigenvalue weighted by atomic mass is 9.51. The van der Waals surface area contributed by atoms with Gasteiger partial charge in [-0.15, -0.1) is 0 Å². The minimum atomic E-state index is -0.858. The molecule has 0 saturated carbocycles. The molecule has 0 unspecified atom stereocenters. The maximum Gasteiger partial charge on any atom is 0.0486 e. The molecule has 15 rings (SSSR count). The van der Waals surface area contributed by atoms with Crippen molar-refractivity contribution in [2.24, 2.45) is 23.7 Å². The van der Waals surface area contributed by atoms with E-state index in [9.17, 15) is 0 Å². The second kappa shape index (κ2) is 26.1. The van der Waals surface area contributed by atoms with E-state index in [4.69, 9.17) is 0 Å². The van der Waals surface area contributed by atoms with Crippen molar-refractivity contribution in [3.63, 3.8) is 0 Å². The van der Waals surface area contributed by atoms with Gasteiger partial charge in [-0.05, 0) is 126 Å². The van der Waals surface area contributed by atoms with Crippen LogP contribution < -0.4 is 10.6 Å². The van der Waals surface area contributed by atoms with E-state index < -0.39 is 37.5 Å². The zero-order chi connectivity index (χ0) is 61.6. The Balaban J connectivity index is 1.01. The summed E-state index contributed by atoms with van der Waals surface area (Å²) >= 11 is 0. The smallest absolute Gasteiger partial charge is 0.0486 e. The highest BCUT2D eigenvalue weighted by Crippen LogP contribution is 2.69. The van der Waals surface area contributed by atoms with Gasteiger partial charge in [0.15, 0.2) is 0 Å². The summed E-state index contributed by atoms with van der Waals surface area (Å²) in [6.45, 7) is 0. The summed E-state index contributed by atoms with van der Waals surface area (Å²) in [6.07, 6.45) is 4.13. The molecule has 0 bridgehead atoms. The van der Waals surface area contributed by atoms with Crippen LogP contribution in [0.15, 0.2) is 388 Å². The van der Waals surface area contributed by atoms with Crippen LogP contribution in [-0.2, 0) is 21.7 Å². The Labute approximate surface area is 547 Å². The van der Waals surface area contributed by atoms with Crippen molar-refractivity contribution >= 4 is 26.5 Å². The number of hydrogen-bond donors (Lipinski definition) is 0. The fourth-order valence-corrected chi connectivity index (χ4v) is 25.1. The monoisotopic (exact) mass is 1220 g/mol. The topological polar surface area (TPSA) is 0 Å². The van der Waals surface area contributed by atoms with Crippen LogP contribution >= 0.6 is 15.8 Å². The number of benzene rings is 13. The van der Waals surface area contributed by atoms with Gasteiger partial charge in [-0.3, -0.25) is 0 Å². The Kier molecular flexibility index (Phi) is 16.8. The first-order chi connectivity index (χ1) is 45.7. The molecule has 13 aromatic carbocycles. The first kappa shape index (κ1) is 59.1. The van der Waals surface area contributed by atoms with Gasteiger partial charge in [0.1, 0.15) is 0 Å². The predicted octanol–water partition coefficient (Wildman–Crippen LogP) is 20.5. The van der Waals surface area contributed by atoms with Gasteiger partial charge in [-0.2, -0.15) is 0 Å². The lowest BCUT2D eigenvalue weighted by molar-refractivity contribution is 0.244. The number of rotatable bonds is 18. The second-order valence-electron chi connectivity index (χ2n) is 25.3. The quantitative estimate of drug-likeness (QED) is 0.0593. The van der Waals surface area contributed by atoms with Crippen LogP contribution in [0.5, 0.6) is 0 Å². The van der Waals surface area contributed by atoms with Crippen molar-refractivity contribution in [1.29, 1.82) is 0 Å². The molecular formula is C90H76P2. The third-order valence-corrected chi connectivity index (χ3v) is 26.8. The average Bonchev–Trinajstić information content (AvgIpc) is 1.40. The number of hydrogen-bond acceptors (Lipinski definition) is 0. The molecule has 4 atom stereocenters. The molecule has 0 spiro atoms. The summed E-state index contributed by atoms with van der Waals surface area (Å²) in [5.41, 5.74) is 13.8. The van der Waals surface area contributed by atoms with Gasteiger partial charge < -0.3 is 0 Å². The maximum absolute atomic E-state index is 2.62. The van der Waals surface area contributed by atoms with E-state index >= 15 is 0 Å². The summed E-state index contributed by atoms with van der Waals surface area (Å²) in [6, 6.07) is 150. The molecule has 92 heavy (non-hydrogen) atoms. The van der Waals surface area contributed by atoms with Gasteiger partial charge >= 0.3 is 0 Å². The van der Waals surface area contributed by atoms with Gasteiger partial charge in [0, 0.05) is 21.7 Å². The highest BCUT2D eigenvalue weighted by atomic mass is 31.1. The largest absolute Gasteiger partial charge is 0.0739 e. The Bertz CT molecular complexity index is 3500. The molecule has 2 fully saturated rings. The van der Waals surface area contributed by atoms with Crippen LogP contribution in [0.25, 0.3) is 0 Å². The highest BCUT2D eigenvalue weighted by molar-refractivity contribution is 7.72. The van der Waals surface area contributed by atoms with Crippen LogP contribution in [0.1, 0.15) is 66.8 Å². The van der Waals surface area contributed by atoms with Gasteiger partial charge in [0.2, 0.25) is 0 Å². The van der Waals surface area contributed by atoms with Crippen LogP contribution in [0.2, 0.25) is 0 Å². The molecule has 2 heterocycles. The molecular weight excluding hydrogens is 1140 g/mol. The molecule has 0 radical (unpaired) electrons. The normalized spacial score (nSPS) is 17.3. The zero-order valence-electron chi connectivity index (χ0n) is 52.0. The van der Waals surface area contributed by atoms with Crippen molar-refractivity contribution < 1.29 is 0 Å². The van der Waals surface area contributed by atoms with Gasteiger partial charge in [0.05, 0.1) is 0 Å². The third kappa shape index (κ3) is 10.1. The summed E-state index contributed by atoms with van der Waals surface area (Å²) < 4.78 is 0. The molecule has 2 saturated heterocycles. The molecule has 2 aliphatic heterocycles. The van der Waals surface area contributed by atoms with E-state index in [2.05, 4.69) is 388 Å². The van der Waals surface area contributed by atoms with Crippen molar-refractivity contribution in [2.45, 2.75) is 21.7 Å². The lowest BCUT2D eigenvalue weighted by Gasteiger charge is -2.50. The van der Waals surface area contributed by atoms with Crippen LogP contribution in [0, 0.1) is 23.7 Å². The Morgan fingerprint density at radius 2 is 0.261 bits per heavy atom. The minimum absolute atomic E-state index is 0.107. The molecule has 0 amide bonds. The summed E-state index contributed by atoms with van der Waals surface area (Å²) in [4.78, 5) is 0. The van der Waals surface area contributed by atoms with Crippen LogP contribution in [0.4, 0.5) is 0 Å². The van der Waals surface area contributed by atoms with Gasteiger partial charge in [-0.1, -0.05) is 404 Å². The summed E-state index contributed by atoms with van der Waals surface area (Å²) in [7, 11) is -1.72. The summed E-state index contributed by atoms with van der Waals surface area (Å²) in [5.74, 6) is 0.426. The molecule has 2 heteroatoms. The Hall–Kier alpha value is -9.28. The average molecular weight is 1220 g/mol. The van der Waals surface area contributed by atoms with Crippen LogP contribution in [0.3, 0.4) is 0 Å². The van der Waals surface area contributed by atoms with E-state index in [1.165, 1.54) is 66.8 Å². The van der Waals surface area contributed by atoms with Crippen molar-refractivity contribution in [1.82, 2.24) is 0 Å². The highest BCUT2D eigenvalue weighted by Gasteiger charge is 2.61. The van der Waals surface area contributed by atoms with Crippen LogP contribution in [-0.4, -0.2) is 24.6 Å². The molecule has 2 aliphatic rings. The zero-order valence-corrected chi connectivity index (χ0v) is 53.8. The third-order valence-electron chi connectivity index (χ3n) is 21.2. The first-order valence-corrected chi connectivity index (χ1v) is 36.3. The molecule has 0 aromatic heterocycles. The predicted molar refractivity (Wildman–Crippen MR) is 390 cm³/mol. The molecule has 0 aliphatic carbocycles. The first-order valence-electron chi connectivity index (χ1n) is 32.9. The van der Waals surface area contributed by atoms with E-state index in [0.717, 1.165) is 24.6 Å². The SMILES string of the molecule is c1ccc(C(c2ccccc2)(c2ccccc2)[C@H]2CP(c3ccccc3P3C[C@H](C(c4ccccc4)(c4ccccc4)c4ccccc4)[C@@H](C(c4ccccc4)(c4ccccc4)c4ccccc4)C3)C[C@@H]2C(c2ccccc2)(c2ccccc2)c2ccccc2)cc1. The second-order valence-corrected chi connectivity index (χ2v) is 29.9. The van der Waals surface area contributed by atoms with E-state index in [-0.39, 0.29) is 23.7 Å². The fraction of sp³-hybridized carbons (Fsp3) is 0.133. The standard InChI is InChI=1S/C90H76P2/c1-13-39-69(40-14-1)87(70-41-15-2-16-42-70,71-43-17-3-18-44-71)81-65-91(66-82(81)88(72-45-19-4-20-46-72,73-47-21-5-22-48-73)74-49-23-6-24-50-74)85-63-37-38-64-86(85)92-67-83(89(75-51-25-7-26-52-75,76-53-27-8-28-54-76)77-55-29-9-30-56-77)84(68-92)90(78-57-31-10-32-58-78,79-59-33-11-34-60-79)80-61-35-12-36-62-80/h1-64,81-84H,65-68H2/t81-,82-,83-,84-/m0/s1. The van der Waals surface area contributed by atoms with Gasteiger partial charge in [0.25, 0.3) is 0 Å². The van der Waals surface area contributed by atoms with E-state index in [1.54, 1.807) is 10.6 Å². The maximum atomic E-state index is 2.62. The van der Waals surface area contributed by atoms with Crippen molar-refractivity contribution in [3.8, 4) is 0 Å². The Morgan fingerprint density at radius 3 is 0.380 bits per heavy atom. The molecule has 13 aromatic rings. The van der Waals surface area contributed by atoms with E-state index in [0.29, 0.717) is 0 Å². The minimum Gasteiger partial charge on any atom is -0.0739 e. The van der Waals surface area contributed by atoms with Gasteiger partial charge in [-0.25, -0.2) is 0 Å². The lowest BCUT2D eigenvalue weighted by Crippen LogP contribution is -2.49. The molecule has 0 nitrogen and oxygen atoms in total. The molecule has 0 N–H and O–H groups in total. The summed E-state index contributed by atoms with van der Waals surface area (Å²) in [5, 5.41) is 3.17. The van der Waals surface area contributed by atoms with Crippen molar-refractivity contribution in [3.05, 3.63) is 455 Å². The fourth-order valence-electron chi connectivity index (χ4n) is 17.7. The molecule has 446 valence electrons. The van der Waals surface area contributed by atoms with E-state index in [1.807, 2.05) is 0 Å². The Morgan fingerprint density at radius 1 is 0.152 bits per heavy atom. The van der Waals surface area contributed by atoms with Crippen molar-refractivity contribution in [2.75, 3.05) is 24.6 Å².